The van der Waals surface area contributed by atoms with Gasteiger partial charge in [0.15, 0.2) is 0 Å². The summed E-state index contributed by atoms with van der Waals surface area (Å²) >= 11 is 0. The molecule has 0 N–H and O–H groups in total. The first-order valence-corrected chi connectivity index (χ1v) is 26.7. The first-order valence-electron chi connectivity index (χ1n) is 20.6. The summed E-state index contributed by atoms with van der Waals surface area (Å²) in [5.41, 5.74) is 0. The molecule has 0 radical (unpaired) electrons. The third-order valence-electron chi connectivity index (χ3n) is 9.87. The van der Waals surface area contributed by atoms with Gasteiger partial charge < -0.3 is 9.90 Å². The number of carbonyl (C=O) groups excluding carboxylic acids is 1. The van der Waals surface area contributed by atoms with Crippen molar-refractivity contribution >= 4 is 80.1 Å². The molecule has 0 unspecified atom stereocenters. The van der Waals surface area contributed by atoms with Crippen LogP contribution >= 0.6 is 31.7 Å². The number of halogens is 3. The Labute approximate surface area is 391 Å². The Morgan fingerprint density at radius 3 is 0.516 bits per heavy atom. The number of aliphatic carboxylic acids is 1. The minimum absolute atomic E-state index is 0. The van der Waals surface area contributed by atoms with Gasteiger partial charge in [-0.05, 0) is 98.8 Å². The van der Waals surface area contributed by atoms with Crippen molar-refractivity contribution in [2.45, 2.75) is 6.18 Å². The third-order valence-corrected chi connectivity index (χ3v) is 20.6. The molecule has 2 nitrogen and oxygen atoms in total. The molecule has 8 rings (SSSR count). The van der Waals surface area contributed by atoms with Crippen molar-refractivity contribution in [2.75, 3.05) is 24.6 Å². The fraction of sp³-hybridized carbons (Fsp3) is 0.0926. The van der Waals surface area contributed by atoms with E-state index < -0.39 is 12.1 Å². The van der Waals surface area contributed by atoms with Crippen LogP contribution < -0.4 is 47.5 Å². The van der Waals surface area contributed by atoms with Crippen LogP contribution in [0.5, 0.6) is 0 Å². The fourth-order valence-electron chi connectivity index (χ4n) is 6.89. The van der Waals surface area contributed by atoms with E-state index in [0.29, 0.717) is 0 Å². The van der Waals surface area contributed by atoms with Gasteiger partial charge in [0.05, 0.1) is 0 Å². The molecule has 0 aliphatic carbocycles. The second-order valence-corrected chi connectivity index (χ2v) is 23.4. The van der Waals surface area contributed by atoms with Crippen molar-refractivity contribution in [2.24, 2.45) is 0 Å². The molecule has 328 valence electrons. The Balaban J connectivity index is 0.000000207. The summed E-state index contributed by atoms with van der Waals surface area (Å²) in [5, 5.41) is 20.6. The van der Waals surface area contributed by atoms with Crippen LogP contribution in [0.25, 0.3) is 0 Å². The van der Waals surface area contributed by atoms with Gasteiger partial charge in [-0.25, -0.2) is 0 Å². The number of carboxylic acids is 1. The first-order chi connectivity index (χ1) is 30.8. The zero-order chi connectivity index (χ0) is 44.1. The van der Waals surface area contributed by atoms with Crippen LogP contribution in [0.15, 0.2) is 243 Å². The van der Waals surface area contributed by atoms with Crippen molar-refractivity contribution in [1.82, 2.24) is 0 Å². The number of benzene rings is 8. The van der Waals surface area contributed by atoms with Gasteiger partial charge in [-0.1, -0.05) is 243 Å². The van der Waals surface area contributed by atoms with Crippen molar-refractivity contribution in [1.29, 1.82) is 0 Å². The van der Waals surface area contributed by atoms with Crippen LogP contribution in [0, 0.1) is 0 Å². The third kappa shape index (κ3) is 15.8. The minimum Gasteiger partial charge on any atom is -0.542 e. The summed E-state index contributed by atoms with van der Waals surface area (Å²) < 4.78 is 31.5. The molecule has 0 heterocycles. The molecule has 0 atom stereocenters. The maximum absolute atomic E-state index is 10.5. The van der Waals surface area contributed by atoms with Gasteiger partial charge in [0.1, 0.15) is 5.97 Å². The van der Waals surface area contributed by atoms with Crippen LogP contribution in [-0.4, -0.2) is 36.8 Å². The van der Waals surface area contributed by atoms with Gasteiger partial charge >= 0.3 is 23.2 Å². The summed E-state index contributed by atoms with van der Waals surface area (Å²) in [6.07, 6.45) is -0.366. The standard InChI is InChI=1S/2C26H24P2.C2HF3O2.Cu/c2*1-5-13-23(14-6-1)27(24-15-7-2-8-16-24)21-22-28(25-17-9-3-10-18-25)26-19-11-4-12-20-26;3-2(4,5)1(6)7;/h2*1-20H,21-22H2;(H,6,7);/q;;;+1/p-1. The van der Waals surface area contributed by atoms with Gasteiger partial charge in [0.25, 0.3) is 0 Å². The van der Waals surface area contributed by atoms with E-state index in [0.717, 1.165) is 0 Å². The molecule has 0 bridgehead atoms. The predicted molar refractivity (Wildman–Crippen MR) is 267 cm³/mol. The van der Waals surface area contributed by atoms with E-state index in [2.05, 4.69) is 243 Å². The van der Waals surface area contributed by atoms with E-state index in [9.17, 15) is 13.2 Å². The summed E-state index contributed by atoms with van der Waals surface area (Å²) in [6, 6.07) is 88.4. The van der Waals surface area contributed by atoms with Crippen molar-refractivity contribution in [3.63, 3.8) is 0 Å². The van der Waals surface area contributed by atoms with E-state index in [4.69, 9.17) is 9.90 Å². The molecule has 0 aliphatic heterocycles. The molecular formula is C54H48CuF3O2P4. The van der Waals surface area contributed by atoms with E-state index in [1.807, 2.05) is 0 Å². The Morgan fingerprint density at radius 1 is 0.312 bits per heavy atom. The molecule has 8 aromatic carbocycles. The SMILES string of the molecule is O=C([O-])C(F)(F)F.[Cu+].c1ccc(P(CCP(c2ccccc2)c2ccccc2)c2ccccc2)cc1.c1ccc(P(CCP(c2ccccc2)c2ccccc2)c2ccccc2)cc1. The zero-order valence-electron chi connectivity index (χ0n) is 35.0. The van der Waals surface area contributed by atoms with Crippen molar-refractivity contribution in [3.05, 3.63) is 243 Å². The minimum atomic E-state index is -5.19. The number of carboxylic acid groups (broad SMARTS) is 1. The first kappa shape index (κ1) is 50.3. The van der Waals surface area contributed by atoms with E-state index >= 15 is 0 Å². The van der Waals surface area contributed by atoms with Gasteiger partial charge in [0.2, 0.25) is 0 Å². The quantitative estimate of drug-likeness (QED) is 0.0805. The van der Waals surface area contributed by atoms with Crippen LogP contribution in [0.4, 0.5) is 13.2 Å². The molecule has 0 fully saturated rings. The Bertz CT molecular complexity index is 1990. The summed E-state index contributed by atoms with van der Waals surface area (Å²) in [7, 11) is -1.39. The summed E-state index contributed by atoms with van der Waals surface area (Å²) in [5.74, 6) is -3.01. The molecule has 0 aromatic heterocycles. The summed E-state index contributed by atoms with van der Waals surface area (Å²) in [6.45, 7) is 0. The molecule has 10 heteroatoms. The van der Waals surface area contributed by atoms with E-state index in [1.165, 1.54) is 67.1 Å². The van der Waals surface area contributed by atoms with E-state index in [-0.39, 0.29) is 48.8 Å². The largest absolute Gasteiger partial charge is 1.00 e. The zero-order valence-corrected chi connectivity index (χ0v) is 39.5. The van der Waals surface area contributed by atoms with E-state index in [1.54, 1.807) is 0 Å². The average molecular weight is 973 g/mol. The predicted octanol–water partition coefficient (Wildman–Crippen LogP) is 9.80. The van der Waals surface area contributed by atoms with Crippen molar-refractivity contribution < 1.29 is 40.1 Å². The number of carbonyl (C=O) groups is 1. The molecule has 0 spiro atoms. The molecule has 64 heavy (non-hydrogen) atoms. The molecule has 8 aromatic rings. The fourth-order valence-corrected chi connectivity index (χ4v) is 17.6. The molecule has 0 saturated heterocycles. The summed E-state index contributed by atoms with van der Waals surface area (Å²) in [4.78, 5) is 8.78. The second kappa shape index (κ2) is 26.9. The molecule has 0 aliphatic rings. The number of hydrogen-bond donors (Lipinski definition) is 0. The van der Waals surface area contributed by atoms with Crippen molar-refractivity contribution in [3.8, 4) is 0 Å². The Morgan fingerprint density at radius 2 is 0.422 bits per heavy atom. The smallest absolute Gasteiger partial charge is 0.542 e. The van der Waals surface area contributed by atoms with Crippen LogP contribution in [-0.2, 0) is 21.9 Å². The maximum atomic E-state index is 10.5. The topological polar surface area (TPSA) is 40.1 Å². The number of alkyl halides is 3. The number of rotatable bonds is 14. The maximum Gasteiger partial charge on any atom is 1.00 e. The Hall–Kier alpha value is -4.74. The Kier molecular flexibility index (Phi) is 21.1. The van der Waals surface area contributed by atoms with Crippen LogP contribution in [0.2, 0.25) is 0 Å². The van der Waals surface area contributed by atoms with Gasteiger partial charge in [-0.3, -0.25) is 0 Å². The van der Waals surface area contributed by atoms with Gasteiger partial charge in [0, 0.05) is 0 Å². The number of hydrogen-bond acceptors (Lipinski definition) is 2. The molecule has 0 amide bonds. The second-order valence-electron chi connectivity index (χ2n) is 14.1. The normalized spacial score (nSPS) is 10.9. The van der Waals surface area contributed by atoms with Gasteiger partial charge in [-0.2, -0.15) is 13.2 Å². The molecular weight excluding hydrogens is 925 g/mol. The molecule has 0 saturated carbocycles. The monoisotopic (exact) mass is 972 g/mol. The van der Waals surface area contributed by atoms with Gasteiger partial charge in [-0.15, -0.1) is 0 Å². The average Bonchev–Trinajstić information content (AvgIpc) is 3.34. The van der Waals surface area contributed by atoms with Crippen LogP contribution in [0.3, 0.4) is 0 Å². The van der Waals surface area contributed by atoms with Crippen LogP contribution in [0.1, 0.15) is 0 Å².